The van der Waals surface area contributed by atoms with Gasteiger partial charge in [0, 0.05) is 38.8 Å². The van der Waals surface area contributed by atoms with Gasteiger partial charge in [0.25, 0.3) is 0 Å². The number of hydrogen-bond donors (Lipinski definition) is 1. The molecule has 0 saturated heterocycles. The molecule has 0 aliphatic heterocycles. The van der Waals surface area contributed by atoms with Gasteiger partial charge in [0.2, 0.25) is 5.91 Å². The fourth-order valence-electron chi connectivity index (χ4n) is 1.48. The first kappa shape index (κ1) is 12.5. The minimum Gasteiger partial charge on any atom is -0.362 e. The Kier molecular flexibility index (Phi) is 4.76. The van der Waals surface area contributed by atoms with Crippen LogP contribution in [0.5, 0.6) is 0 Å². The average Bonchev–Trinajstić information content (AvgIpc) is 2.27. The van der Waals surface area contributed by atoms with Crippen LogP contribution in [-0.2, 0) is 11.3 Å². The highest BCUT2D eigenvalue weighted by atomic mass is 16.1. The molecule has 1 aromatic rings. The van der Waals surface area contributed by atoms with Gasteiger partial charge in [0.15, 0.2) is 0 Å². The molecule has 0 aliphatic carbocycles. The van der Waals surface area contributed by atoms with Crippen molar-refractivity contribution < 1.29 is 4.79 Å². The molecule has 0 aliphatic rings. The Balaban J connectivity index is 2.63. The number of nitrogens with one attached hydrogen (secondary N) is 1. The molecule has 0 fully saturated rings. The average molecular weight is 221 g/mol. The molecule has 1 aromatic heterocycles. The summed E-state index contributed by atoms with van der Waals surface area (Å²) >= 11 is 0. The third-order valence-corrected chi connectivity index (χ3v) is 2.24. The van der Waals surface area contributed by atoms with E-state index in [0.717, 1.165) is 17.8 Å². The summed E-state index contributed by atoms with van der Waals surface area (Å²) in [5, 5.41) is 2.89. The lowest BCUT2D eigenvalue weighted by Crippen LogP contribution is -2.24. The van der Waals surface area contributed by atoms with Crippen molar-refractivity contribution in [1.29, 1.82) is 0 Å². The highest BCUT2D eigenvalue weighted by Crippen LogP contribution is 2.13. The number of hydrogen-bond acceptors (Lipinski definition) is 3. The van der Waals surface area contributed by atoms with Crippen molar-refractivity contribution in [1.82, 2.24) is 10.3 Å². The van der Waals surface area contributed by atoms with E-state index in [0.29, 0.717) is 13.0 Å². The monoisotopic (exact) mass is 221 g/mol. The highest BCUT2D eigenvalue weighted by molar-refractivity contribution is 5.75. The standard InChI is InChI=1S/C12H19N3O/c1-4-6-11(16)14-9-10-7-5-8-13-12(10)15(2)3/h5,7-8H,4,6,9H2,1-3H3,(H,14,16). The van der Waals surface area contributed by atoms with Crippen LogP contribution < -0.4 is 10.2 Å². The van der Waals surface area contributed by atoms with Gasteiger partial charge in [0.1, 0.15) is 5.82 Å². The minimum atomic E-state index is 0.0936. The fraction of sp³-hybridized carbons (Fsp3) is 0.500. The van der Waals surface area contributed by atoms with Crippen LogP contribution in [0.4, 0.5) is 5.82 Å². The third-order valence-electron chi connectivity index (χ3n) is 2.24. The van der Waals surface area contributed by atoms with Crippen molar-refractivity contribution in [2.45, 2.75) is 26.3 Å². The lowest BCUT2D eigenvalue weighted by atomic mass is 10.2. The van der Waals surface area contributed by atoms with E-state index in [1.807, 2.05) is 38.1 Å². The molecule has 0 spiro atoms. The summed E-state index contributed by atoms with van der Waals surface area (Å²) in [5.41, 5.74) is 1.04. The summed E-state index contributed by atoms with van der Waals surface area (Å²) in [7, 11) is 3.89. The molecule has 1 amide bonds. The zero-order valence-electron chi connectivity index (χ0n) is 10.2. The van der Waals surface area contributed by atoms with Gasteiger partial charge in [0.05, 0.1) is 0 Å². The molecule has 4 nitrogen and oxygen atoms in total. The number of rotatable bonds is 5. The SMILES string of the molecule is CCCC(=O)NCc1cccnc1N(C)C. The first-order chi connectivity index (χ1) is 7.65. The van der Waals surface area contributed by atoms with Gasteiger partial charge in [-0.2, -0.15) is 0 Å². The van der Waals surface area contributed by atoms with Crippen LogP contribution in [-0.4, -0.2) is 25.0 Å². The van der Waals surface area contributed by atoms with Crippen LogP contribution in [0, 0.1) is 0 Å². The Bertz CT molecular complexity index is 350. The highest BCUT2D eigenvalue weighted by Gasteiger charge is 2.06. The maximum absolute atomic E-state index is 11.4. The molecule has 0 bridgehead atoms. The minimum absolute atomic E-state index is 0.0936. The maximum atomic E-state index is 11.4. The Morgan fingerprint density at radius 1 is 1.50 bits per heavy atom. The van der Waals surface area contributed by atoms with Gasteiger partial charge in [-0.05, 0) is 12.5 Å². The zero-order valence-corrected chi connectivity index (χ0v) is 10.2. The fourth-order valence-corrected chi connectivity index (χ4v) is 1.48. The van der Waals surface area contributed by atoms with Gasteiger partial charge >= 0.3 is 0 Å². The number of aromatic nitrogens is 1. The normalized spacial score (nSPS) is 9.94. The van der Waals surface area contributed by atoms with Crippen LogP contribution in [0.2, 0.25) is 0 Å². The lowest BCUT2D eigenvalue weighted by Gasteiger charge is -2.15. The van der Waals surface area contributed by atoms with Crippen molar-refractivity contribution in [2.24, 2.45) is 0 Å². The molecule has 0 aromatic carbocycles. The Morgan fingerprint density at radius 3 is 2.88 bits per heavy atom. The number of amides is 1. The van der Waals surface area contributed by atoms with Crippen molar-refractivity contribution in [3.8, 4) is 0 Å². The topological polar surface area (TPSA) is 45.2 Å². The van der Waals surface area contributed by atoms with Gasteiger partial charge < -0.3 is 10.2 Å². The maximum Gasteiger partial charge on any atom is 0.220 e. The van der Waals surface area contributed by atoms with E-state index in [-0.39, 0.29) is 5.91 Å². The number of carbonyl (C=O) groups is 1. The van der Waals surface area contributed by atoms with Crippen molar-refractivity contribution in [3.63, 3.8) is 0 Å². The van der Waals surface area contributed by atoms with E-state index in [1.54, 1.807) is 6.20 Å². The predicted molar refractivity (Wildman–Crippen MR) is 65.3 cm³/mol. The summed E-state index contributed by atoms with van der Waals surface area (Å²) in [4.78, 5) is 17.6. The molecule has 88 valence electrons. The van der Waals surface area contributed by atoms with E-state index in [2.05, 4.69) is 10.3 Å². The summed E-state index contributed by atoms with van der Waals surface area (Å²) < 4.78 is 0. The molecule has 0 atom stereocenters. The van der Waals surface area contributed by atoms with Gasteiger partial charge in [-0.1, -0.05) is 13.0 Å². The Morgan fingerprint density at radius 2 is 2.25 bits per heavy atom. The first-order valence-electron chi connectivity index (χ1n) is 5.53. The van der Waals surface area contributed by atoms with E-state index in [9.17, 15) is 4.79 Å². The molecule has 1 N–H and O–H groups in total. The molecule has 1 rings (SSSR count). The Hall–Kier alpha value is -1.58. The van der Waals surface area contributed by atoms with E-state index in [4.69, 9.17) is 0 Å². The number of carbonyl (C=O) groups excluding carboxylic acids is 1. The van der Waals surface area contributed by atoms with Gasteiger partial charge in [-0.15, -0.1) is 0 Å². The predicted octanol–water partition coefficient (Wildman–Crippen LogP) is 1.56. The molecule has 4 heteroatoms. The van der Waals surface area contributed by atoms with Crippen LogP contribution in [0.1, 0.15) is 25.3 Å². The molecule has 1 heterocycles. The van der Waals surface area contributed by atoms with Crippen molar-refractivity contribution in [2.75, 3.05) is 19.0 Å². The smallest absolute Gasteiger partial charge is 0.220 e. The first-order valence-corrected chi connectivity index (χ1v) is 5.53. The third kappa shape index (κ3) is 3.53. The Labute approximate surface area is 96.7 Å². The van der Waals surface area contributed by atoms with Crippen LogP contribution in [0.25, 0.3) is 0 Å². The molecule has 0 radical (unpaired) electrons. The molecular formula is C12H19N3O. The van der Waals surface area contributed by atoms with Crippen LogP contribution in [0.15, 0.2) is 18.3 Å². The molecule has 0 saturated carbocycles. The van der Waals surface area contributed by atoms with E-state index in [1.165, 1.54) is 0 Å². The van der Waals surface area contributed by atoms with Crippen molar-refractivity contribution in [3.05, 3.63) is 23.9 Å². The summed E-state index contributed by atoms with van der Waals surface area (Å²) in [5.74, 6) is 0.996. The summed E-state index contributed by atoms with van der Waals surface area (Å²) in [6, 6.07) is 3.86. The molecule has 0 unspecified atom stereocenters. The second kappa shape index (κ2) is 6.10. The molecular weight excluding hydrogens is 202 g/mol. The van der Waals surface area contributed by atoms with Crippen molar-refractivity contribution >= 4 is 11.7 Å². The second-order valence-electron chi connectivity index (χ2n) is 3.91. The second-order valence-corrected chi connectivity index (χ2v) is 3.91. The number of anilines is 1. The number of nitrogens with zero attached hydrogens (tertiary/aromatic N) is 2. The lowest BCUT2D eigenvalue weighted by molar-refractivity contribution is -0.121. The van der Waals surface area contributed by atoms with Crippen LogP contribution in [0.3, 0.4) is 0 Å². The summed E-state index contributed by atoms with van der Waals surface area (Å²) in [6.07, 6.45) is 3.21. The van der Waals surface area contributed by atoms with Gasteiger partial charge in [-0.25, -0.2) is 4.98 Å². The van der Waals surface area contributed by atoms with Crippen LogP contribution >= 0.6 is 0 Å². The largest absolute Gasteiger partial charge is 0.362 e. The summed E-state index contributed by atoms with van der Waals surface area (Å²) in [6.45, 7) is 2.54. The quantitative estimate of drug-likeness (QED) is 0.820. The van der Waals surface area contributed by atoms with E-state index < -0.39 is 0 Å². The van der Waals surface area contributed by atoms with E-state index >= 15 is 0 Å². The number of pyridine rings is 1. The molecule has 16 heavy (non-hydrogen) atoms. The van der Waals surface area contributed by atoms with Gasteiger partial charge in [-0.3, -0.25) is 4.79 Å². The zero-order chi connectivity index (χ0) is 12.0.